The molecule has 0 fully saturated rings. The van der Waals surface area contributed by atoms with Gasteiger partial charge >= 0.3 is 0 Å². The molecule has 0 aliphatic carbocycles. The molecule has 1 aromatic carbocycles. The van der Waals surface area contributed by atoms with E-state index in [1.54, 1.807) is 23.1 Å². The molecule has 0 bridgehead atoms. The normalized spacial score (nSPS) is 10.3. The fraction of sp³-hybridized carbons (Fsp3) is 0.167. The lowest BCUT2D eigenvalue weighted by atomic mass is 10.2. The molecule has 0 aliphatic heterocycles. The molecule has 2 rings (SSSR count). The summed E-state index contributed by atoms with van der Waals surface area (Å²) in [5.74, 6) is -1.07. The third-order valence-corrected chi connectivity index (χ3v) is 2.59. The number of hydrogen-bond donors (Lipinski definition) is 1. The average Bonchev–Trinajstić information content (AvgIpc) is 2.85. The number of aromatic nitrogens is 2. The average molecular weight is 268 g/mol. The summed E-state index contributed by atoms with van der Waals surface area (Å²) in [7, 11) is 0. The summed E-state index contributed by atoms with van der Waals surface area (Å²) >= 11 is 5.72. The molecule has 0 saturated carbocycles. The first-order valence-electron chi connectivity index (χ1n) is 5.37. The predicted molar refractivity (Wildman–Crippen MR) is 66.0 cm³/mol. The van der Waals surface area contributed by atoms with E-state index in [1.807, 2.05) is 0 Å². The number of halogens is 2. The molecular weight excluding hydrogens is 257 g/mol. The van der Waals surface area contributed by atoms with Crippen LogP contribution in [0.1, 0.15) is 10.4 Å². The van der Waals surface area contributed by atoms with E-state index in [2.05, 4.69) is 10.4 Å². The number of benzene rings is 1. The van der Waals surface area contributed by atoms with Crippen LogP contribution in [-0.4, -0.2) is 22.2 Å². The lowest BCUT2D eigenvalue weighted by molar-refractivity contribution is 0.0948. The molecule has 18 heavy (non-hydrogen) atoms. The molecule has 0 spiro atoms. The van der Waals surface area contributed by atoms with Gasteiger partial charge in [0.15, 0.2) is 0 Å². The number of rotatable bonds is 4. The minimum absolute atomic E-state index is 0.0528. The van der Waals surface area contributed by atoms with Gasteiger partial charge in [-0.1, -0.05) is 11.6 Å². The quantitative estimate of drug-likeness (QED) is 0.922. The number of amides is 1. The van der Waals surface area contributed by atoms with Gasteiger partial charge < -0.3 is 5.32 Å². The Morgan fingerprint density at radius 3 is 3.06 bits per heavy atom. The molecule has 6 heteroatoms. The maximum Gasteiger partial charge on any atom is 0.254 e. The van der Waals surface area contributed by atoms with Crippen LogP contribution >= 0.6 is 11.6 Å². The van der Waals surface area contributed by atoms with Gasteiger partial charge in [-0.2, -0.15) is 5.10 Å². The highest BCUT2D eigenvalue weighted by molar-refractivity contribution is 6.30. The van der Waals surface area contributed by atoms with Gasteiger partial charge in [-0.25, -0.2) is 4.39 Å². The van der Waals surface area contributed by atoms with Crippen molar-refractivity contribution in [3.63, 3.8) is 0 Å². The molecular formula is C12H11ClFN3O. The van der Waals surface area contributed by atoms with E-state index in [9.17, 15) is 9.18 Å². The molecule has 0 aliphatic rings. The van der Waals surface area contributed by atoms with E-state index >= 15 is 0 Å². The third kappa shape index (κ3) is 3.07. The second-order valence-electron chi connectivity index (χ2n) is 3.65. The summed E-state index contributed by atoms with van der Waals surface area (Å²) in [5, 5.41) is 6.92. The van der Waals surface area contributed by atoms with Crippen LogP contribution in [0.3, 0.4) is 0 Å². The van der Waals surface area contributed by atoms with Gasteiger partial charge in [0.1, 0.15) is 5.82 Å². The topological polar surface area (TPSA) is 46.9 Å². The van der Waals surface area contributed by atoms with E-state index in [1.165, 1.54) is 18.2 Å². The molecule has 0 atom stereocenters. The van der Waals surface area contributed by atoms with Gasteiger partial charge in [-0.05, 0) is 24.3 Å². The molecule has 1 aromatic heterocycles. The summed E-state index contributed by atoms with van der Waals surface area (Å²) in [5.41, 5.74) is -0.0528. The van der Waals surface area contributed by atoms with Crippen molar-refractivity contribution >= 4 is 17.5 Å². The van der Waals surface area contributed by atoms with E-state index in [0.717, 1.165) is 0 Å². The van der Waals surface area contributed by atoms with Crippen molar-refractivity contribution in [1.82, 2.24) is 15.1 Å². The van der Waals surface area contributed by atoms with Crippen LogP contribution in [0.5, 0.6) is 0 Å². The minimum Gasteiger partial charge on any atom is -0.350 e. The van der Waals surface area contributed by atoms with E-state index in [-0.39, 0.29) is 5.56 Å². The van der Waals surface area contributed by atoms with Crippen molar-refractivity contribution in [2.24, 2.45) is 0 Å². The lowest BCUT2D eigenvalue weighted by Gasteiger charge is -2.06. The van der Waals surface area contributed by atoms with Crippen molar-refractivity contribution in [3.05, 3.63) is 53.1 Å². The lowest BCUT2D eigenvalue weighted by Crippen LogP contribution is -2.28. The summed E-state index contributed by atoms with van der Waals surface area (Å²) in [6, 6.07) is 5.67. The van der Waals surface area contributed by atoms with Crippen LogP contribution in [-0.2, 0) is 6.54 Å². The summed E-state index contributed by atoms with van der Waals surface area (Å²) < 4.78 is 15.1. The third-order valence-electron chi connectivity index (χ3n) is 2.36. The maximum atomic E-state index is 13.4. The fourth-order valence-electron chi connectivity index (χ4n) is 1.48. The van der Waals surface area contributed by atoms with Crippen LogP contribution in [0, 0.1) is 5.82 Å². The second kappa shape index (κ2) is 5.64. The Hall–Kier alpha value is -1.88. The van der Waals surface area contributed by atoms with Gasteiger partial charge in [0.25, 0.3) is 5.91 Å². The zero-order valence-electron chi connectivity index (χ0n) is 9.44. The Morgan fingerprint density at radius 2 is 2.33 bits per heavy atom. The van der Waals surface area contributed by atoms with Crippen molar-refractivity contribution in [2.75, 3.05) is 6.54 Å². The van der Waals surface area contributed by atoms with Crippen molar-refractivity contribution in [3.8, 4) is 0 Å². The molecule has 4 nitrogen and oxygen atoms in total. The zero-order chi connectivity index (χ0) is 13.0. The SMILES string of the molecule is O=C(NCCn1cccn1)c1cc(Cl)ccc1F. The van der Waals surface area contributed by atoms with Gasteiger partial charge in [0, 0.05) is 24.0 Å². The summed E-state index contributed by atoms with van der Waals surface area (Å²) in [4.78, 5) is 11.7. The van der Waals surface area contributed by atoms with Crippen LogP contribution < -0.4 is 5.32 Å². The van der Waals surface area contributed by atoms with Crippen LogP contribution in [0.4, 0.5) is 4.39 Å². The molecule has 2 aromatic rings. The number of carbonyl (C=O) groups excluding carboxylic acids is 1. The maximum absolute atomic E-state index is 13.4. The van der Waals surface area contributed by atoms with Crippen molar-refractivity contribution in [2.45, 2.75) is 6.54 Å². The molecule has 0 radical (unpaired) electrons. The van der Waals surface area contributed by atoms with Gasteiger partial charge in [-0.15, -0.1) is 0 Å². The van der Waals surface area contributed by atoms with Gasteiger partial charge in [0.05, 0.1) is 12.1 Å². The number of nitrogens with one attached hydrogen (secondary N) is 1. The molecule has 1 amide bonds. The Labute approximate surface area is 108 Å². The van der Waals surface area contributed by atoms with Crippen molar-refractivity contribution in [1.29, 1.82) is 0 Å². The van der Waals surface area contributed by atoms with Crippen LogP contribution in [0.15, 0.2) is 36.7 Å². The summed E-state index contributed by atoms with van der Waals surface area (Å²) in [6.45, 7) is 0.896. The zero-order valence-corrected chi connectivity index (χ0v) is 10.2. The number of nitrogens with zero attached hydrogens (tertiary/aromatic N) is 2. The molecule has 1 N–H and O–H groups in total. The van der Waals surface area contributed by atoms with Gasteiger partial charge in [-0.3, -0.25) is 9.48 Å². The predicted octanol–water partition coefficient (Wildman–Crippen LogP) is 2.11. The molecule has 0 unspecified atom stereocenters. The Balaban J connectivity index is 1.93. The van der Waals surface area contributed by atoms with Gasteiger partial charge in [0.2, 0.25) is 0 Å². The van der Waals surface area contributed by atoms with E-state index < -0.39 is 11.7 Å². The second-order valence-corrected chi connectivity index (χ2v) is 4.09. The Kier molecular flexibility index (Phi) is 3.94. The largest absolute Gasteiger partial charge is 0.350 e. The highest BCUT2D eigenvalue weighted by atomic mass is 35.5. The fourth-order valence-corrected chi connectivity index (χ4v) is 1.66. The highest BCUT2D eigenvalue weighted by Crippen LogP contribution is 2.14. The summed E-state index contributed by atoms with van der Waals surface area (Å²) in [6.07, 6.45) is 3.44. The molecule has 0 saturated heterocycles. The minimum atomic E-state index is -0.587. The highest BCUT2D eigenvalue weighted by Gasteiger charge is 2.11. The van der Waals surface area contributed by atoms with E-state index in [4.69, 9.17) is 11.6 Å². The van der Waals surface area contributed by atoms with E-state index in [0.29, 0.717) is 18.1 Å². The molecule has 1 heterocycles. The van der Waals surface area contributed by atoms with Crippen molar-refractivity contribution < 1.29 is 9.18 Å². The smallest absolute Gasteiger partial charge is 0.254 e. The van der Waals surface area contributed by atoms with Crippen LogP contribution in [0.2, 0.25) is 5.02 Å². The first kappa shape index (κ1) is 12.6. The first-order valence-corrected chi connectivity index (χ1v) is 5.75. The standard InChI is InChI=1S/C12H11ClFN3O/c13-9-2-3-11(14)10(8-9)12(18)15-5-7-17-6-1-4-16-17/h1-4,6,8H,5,7H2,(H,15,18). The monoisotopic (exact) mass is 267 g/mol. The Morgan fingerprint density at radius 1 is 1.50 bits per heavy atom. The number of hydrogen-bond acceptors (Lipinski definition) is 2. The first-order chi connectivity index (χ1) is 8.66. The van der Waals surface area contributed by atoms with Crippen LogP contribution in [0.25, 0.3) is 0 Å². The number of carbonyl (C=O) groups is 1. The Bertz CT molecular complexity index is 542. The molecule has 94 valence electrons.